The first-order valence-electron chi connectivity index (χ1n) is 20.7. The van der Waals surface area contributed by atoms with Crippen LogP contribution >= 0.6 is 0 Å². The van der Waals surface area contributed by atoms with E-state index >= 15 is 0 Å². The van der Waals surface area contributed by atoms with Gasteiger partial charge in [-0.15, -0.1) is 6.58 Å². The highest BCUT2D eigenvalue weighted by Crippen LogP contribution is 2.34. The fraction of sp³-hybridized carbons (Fsp3) is 0.667. The second-order valence-corrected chi connectivity index (χ2v) is 21.1. The van der Waals surface area contributed by atoms with Gasteiger partial charge in [-0.05, 0) is 63.0 Å². The quantitative estimate of drug-likeness (QED) is 0.154. The summed E-state index contributed by atoms with van der Waals surface area (Å²) in [5, 5.41) is 10.1. The summed E-state index contributed by atoms with van der Waals surface area (Å²) in [6, 6.07) is 1.92. The van der Waals surface area contributed by atoms with Crippen molar-refractivity contribution in [3.63, 3.8) is 0 Å². The Balaban J connectivity index is 1.63. The summed E-state index contributed by atoms with van der Waals surface area (Å²) < 4.78 is 71.8. The number of sulfone groups is 1. The predicted octanol–water partition coefficient (Wildman–Crippen LogP) is 4.48. The van der Waals surface area contributed by atoms with Gasteiger partial charge >= 0.3 is 18.3 Å². The first-order valence-corrected chi connectivity index (χ1v) is 22.3. The zero-order valence-corrected chi connectivity index (χ0v) is 36.7. The molecule has 2 heterocycles. The van der Waals surface area contributed by atoms with Crippen LogP contribution in [0.1, 0.15) is 104 Å². The Bertz CT molecular complexity index is 1920. The minimum atomic E-state index is -4.75. The Morgan fingerprint density at radius 3 is 2.20 bits per heavy atom. The van der Waals surface area contributed by atoms with E-state index in [2.05, 4.69) is 27.8 Å². The molecule has 0 spiro atoms. The number of carbonyl (C=O) groups is 6. The number of ether oxygens (including phenoxy) is 1. The largest absolute Gasteiger partial charge is 0.444 e. The minimum absolute atomic E-state index is 0.173. The number of alkyl halides is 3. The number of halogens is 3. The van der Waals surface area contributed by atoms with Crippen LogP contribution in [-0.4, -0.2) is 120 Å². The molecule has 340 valence electrons. The average Bonchev–Trinajstić information content (AvgIpc) is 3.59. The molecule has 19 heteroatoms. The van der Waals surface area contributed by atoms with E-state index in [4.69, 9.17) is 4.74 Å². The smallest absolute Gasteiger partial charge is 0.410 e. The van der Waals surface area contributed by atoms with Crippen LogP contribution in [0.25, 0.3) is 0 Å². The number of fused-ring (bicyclic) bond motifs is 1. The van der Waals surface area contributed by atoms with E-state index in [-0.39, 0.29) is 31.8 Å². The molecule has 4 atom stereocenters. The molecule has 61 heavy (non-hydrogen) atoms. The molecule has 0 aromatic heterocycles. The van der Waals surface area contributed by atoms with Crippen molar-refractivity contribution >= 4 is 45.5 Å². The van der Waals surface area contributed by atoms with Crippen LogP contribution in [0.2, 0.25) is 0 Å². The molecular formula is C42H61F3N6O9S. The molecule has 1 aromatic rings. The Kier molecular flexibility index (Phi) is 15.7. The van der Waals surface area contributed by atoms with Crippen LogP contribution in [0.4, 0.5) is 22.8 Å². The monoisotopic (exact) mass is 882 g/mol. The molecule has 1 aromatic carbocycles. The number of amides is 6. The number of nitrogens with one attached hydrogen (secondary N) is 4. The maximum Gasteiger partial charge on any atom is 0.410 e. The van der Waals surface area contributed by atoms with Crippen molar-refractivity contribution in [1.82, 2.24) is 31.1 Å². The lowest BCUT2D eigenvalue weighted by Gasteiger charge is -2.41. The number of hydrogen-bond acceptors (Lipinski definition) is 9. The van der Waals surface area contributed by atoms with Gasteiger partial charge in [0.1, 0.15) is 18.2 Å². The number of Topliss-reactive ketones (excluding diaryl/α,β-unsaturated/α-hetero) is 1. The van der Waals surface area contributed by atoms with Crippen molar-refractivity contribution in [2.75, 3.05) is 25.4 Å². The molecule has 0 bridgehead atoms. The van der Waals surface area contributed by atoms with E-state index in [9.17, 15) is 50.4 Å². The van der Waals surface area contributed by atoms with Crippen LogP contribution in [0.15, 0.2) is 36.9 Å². The zero-order chi connectivity index (χ0) is 45.6. The van der Waals surface area contributed by atoms with Crippen molar-refractivity contribution in [2.24, 2.45) is 5.41 Å². The van der Waals surface area contributed by atoms with Gasteiger partial charge in [0, 0.05) is 32.5 Å². The molecule has 4 rings (SSSR count). The third kappa shape index (κ3) is 13.2. The second-order valence-electron chi connectivity index (χ2n) is 18.4. The van der Waals surface area contributed by atoms with Crippen LogP contribution in [0.3, 0.4) is 0 Å². The molecule has 15 nitrogen and oxygen atoms in total. The number of urea groups is 1. The van der Waals surface area contributed by atoms with E-state index in [0.717, 1.165) is 22.4 Å². The minimum Gasteiger partial charge on any atom is -0.444 e. The summed E-state index contributed by atoms with van der Waals surface area (Å²) in [5.74, 6) is -4.82. The number of nitrogens with zero attached hydrogens (tertiary/aromatic N) is 2. The fourth-order valence-corrected chi connectivity index (χ4v) is 9.36. The van der Waals surface area contributed by atoms with Crippen LogP contribution in [0, 0.1) is 5.41 Å². The third-order valence-electron chi connectivity index (χ3n) is 11.5. The summed E-state index contributed by atoms with van der Waals surface area (Å²) in [6.45, 7) is 13.2. The van der Waals surface area contributed by atoms with Crippen molar-refractivity contribution in [3.8, 4) is 0 Å². The molecule has 3 aliphatic rings. The van der Waals surface area contributed by atoms with Crippen LogP contribution in [-0.2, 0) is 46.7 Å². The number of ketones is 1. The lowest BCUT2D eigenvalue weighted by atomic mass is 9.83. The highest BCUT2D eigenvalue weighted by Gasteiger charge is 2.49. The Labute approximate surface area is 356 Å². The standard InChI is InChI=1S/C42H61F3N6O9S/c1-8-21-46-35(54)32(52)30(16-20-42(43,44)45)47-34(53)31-23-29(60-38(57)50-22-17-27-14-10-11-15-28(27)24-50)25-51(31)36(55)33(39(2,3)4)48-37(56)49-41(18-12-9-13-19-41)26-61(58,59)40(5,6)7/h8,10-11,14-15,29-31,33H,1,9,12-13,16-26H2,2-7H3,(H,46,54)(H,47,53)(H2,48,49,56)/t29-,30?,31+,33-/m1/s1. The van der Waals surface area contributed by atoms with Gasteiger partial charge in [-0.25, -0.2) is 18.0 Å². The first-order chi connectivity index (χ1) is 28.3. The van der Waals surface area contributed by atoms with Crippen LogP contribution < -0.4 is 21.3 Å². The van der Waals surface area contributed by atoms with Gasteiger partial charge in [0.2, 0.25) is 17.6 Å². The summed E-state index contributed by atoms with van der Waals surface area (Å²) in [7, 11) is -3.71. The topological polar surface area (TPSA) is 200 Å². The van der Waals surface area contributed by atoms with Crippen molar-refractivity contribution in [1.29, 1.82) is 0 Å². The summed E-state index contributed by atoms with van der Waals surface area (Å²) in [5.41, 5.74) is -0.179. The van der Waals surface area contributed by atoms with E-state index < -0.39 is 104 Å². The SMILES string of the molecule is C=CCNC(=O)C(=O)C(CCC(F)(F)F)NC(=O)[C@@H]1C[C@@H](OC(=O)N2CCc3ccccc3C2)CN1C(=O)[C@@H](NC(=O)NC1(CS(=O)(=O)C(C)(C)C)CCCCC1)C(C)(C)C. The molecule has 1 saturated heterocycles. The number of rotatable bonds is 14. The molecule has 1 unspecified atom stereocenters. The number of hydrogen-bond donors (Lipinski definition) is 4. The molecule has 1 saturated carbocycles. The molecule has 4 N–H and O–H groups in total. The average molecular weight is 883 g/mol. The van der Waals surface area contributed by atoms with Gasteiger partial charge in [0.25, 0.3) is 5.91 Å². The Morgan fingerprint density at radius 2 is 1.61 bits per heavy atom. The molecule has 1 aliphatic carbocycles. The fourth-order valence-electron chi connectivity index (χ4n) is 7.84. The highest BCUT2D eigenvalue weighted by atomic mass is 32.2. The maximum absolute atomic E-state index is 14.7. The maximum atomic E-state index is 14.7. The number of benzene rings is 1. The lowest BCUT2D eigenvalue weighted by molar-refractivity contribution is -0.147. The van der Waals surface area contributed by atoms with E-state index in [1.165, 1.54) is 11.0 Å². The van der Waals surface area contributed by atoms with Crippen molar-refractivity contribution < 1.29 is 55.1 Å². The molecule has 2 aliphatic heterocycles. The van der Waals surface area contributed by atoms with Gasteiger partial charge in [-0.2, -0.15) is 13.2 Å². The summed E-state index contributed by atoms with van der Waals surface area (Å²) in [6.07, 6.45) is -4.65. The number of likely N-dealkylation sites (tertiary alicyclic amines) is 1. The number of carbonyl (C=O) groups excluding carboxylic acids is 6. The van der Waals surface area contributed by atoms with Gasteiger partial charge in [0.05, 0.1) is 28.6 Å². The lowest BCUT2D eigenvalue weighted by Crippen LogP contribution is -2.63. The second kappa shape index (κ2) is 19.6. The van der Waals surface area contributed by atoms with Gasteiger partial charge in [-0.1, -0.05) is 70.4 Å². The summed E-state index contributed by atoms with van der Waals surface area (Å²) in [4.78, 5) is 84.5. The predicted molar refractivity (Wildman–Crippen MR) is 221 cm³/mol. The Hall–Kier alpha value is -4.68. The Morgan fingerprint density at radius 1 is 0.967 bits per heavy atom. The van der Waals surface area contributed by atoms with E-state index in [1.807, 2.05) is 24.3 Å². The van der Waals surface area contributed by atoms with E-state index in [1.54, 1.807) is 41.5 Å². The van der Waals surface area contributed by atoms with Crippen molar-refractivity contribution in [3.05, 3.63) is 48.0 Å². The normalized spacial score (nSPS) is 20.3. The van der Waals surface area contributed by atoms with Crippen LogP contribution in [0.5, 0.6) is 0 Å². The first kappa shape index (κ1) is 49.0. The van der Waals surface area contributed by atoms with Gasteiger partial charge in [-0.3, -0.25) is 19.2 Å². The molecular weight excluding hydrogens is 822 g/mol. The van der Waals surface area contributed by atoms with E-state index in [0.29, 0.717) is 38.6 Å². The molecule has 6 amide bonds. The molecule has 0 radical (unpaired) electrons. The van der Waals surface area contributed by atoms with Crippen molar-refractivity contribution in [2.45, 2.75) is 147 Å². The zero-order valence-electron chi connectivity index (χ0n) is 35.9. The molecule has 2 fully saturated rings. The third-order valence-corrected chi connectivity index (χ3v) is 14.3. The summed E-state index contributed by atoms with van der Waals surface area (Å²) >= 11 is 0. The van der Waals surface area contributed by atoms with Gasteiger partial charge in [0.15, 0.2) is 9.84 Å². The highest BCUT2D eigenvalue weighted by molar-refractivity contribution is 7.92. The van der Waals surface area contributed by atoms with Gasteiger partial charge < -0.3 is 35.8 Å².